The molecular weight excluding hydrogens is 641 g/mol. The van der Waals surface area contributed by atoms with E-state index >= 15 is 0 Å². The van der Waals surface area contributed by atoms with Gasteiger partial charge in [0.05, 0.1) is 12.8 Å². The highest BCUT2D eigenvalue weighted by molar-refractivity contribution is 8.14. The standard InChI is InChI=1S/C35H39F3N6O3S/c1-23(2)30-21-29(46-4)16-17-31(30)44-24(3)18-20-48-34(44)41-33(45)39-19-6-5-7-25-8-10-26(11-9-25)32-40-22-43(42-32)27-12-14-28(15-13-27)47-35(36,37)38/h8-17,21-24H,5-7,18-20H2,1-4H3,(H,39,45)/b41-34-. The van der Waals surface area contributed by atoms with E-state index in [1.807, 2.05) is 30.3 Å². The van der Waals surface area contributed by atoms with Crippen LogP contribution in [-0.2, 0) is 6.42 Å². The van der Waals surface area contributed by atoms with Gasteiger partial charge < -0.3 is 19.7 Å². The van der Waals surface area contributed by atoms with Crippen molar-refractivity contribution in [1.29, 1.82) is 0 Å². The van der Waals surface area contributed by atoms with E-state index in [0.717, 1.165) is 59.6 Å². The first-order valence-electron chi connectivity index (χ1n) is 15.8. The van der Waals surface area contributed by atoms with Crippen LogP contribution in [0, 0.1) is 0 Å². The Hall–Kier alpha value is -4.52. The van der Waals surface area contributed by atoms with Crippen molar-refractivity contribution in [3.05, 3.63) is 84.2 Å². The second kappa shape index (κ2) is 15.6. The van der Waals surface area contributed by atoms with Gasteiger partial charge >= 0.3 is 12.4 Å². The van der Waals surface area contributed by atoms with Crippen LogP contribution in [0.2, 0.25) is 0 Å². The summed E-state index contributed by atoms with van der Waals surface area (Å²) in [6, 6.07) is 19.3. The van der Waals surface area contributed by atoms with Crippen LogP contribution in [0.3, 0.4) is 0 Å². The summed E-state index contributed by atoms with van der Waals surface area (Å²) in [5.41, 5.74) is 4.73. The lowest BCUT2D eigenvalue weighted by molar-refractivity contribution is -0.274. The first-order chi connectivity index (χ1) is 23.0. The maximum Gasteiger partial charge on any atom is 0.573 e. The van der Waals surface area contributed by atoms with E-state index in [2.05, 4.69) is 62.9 Å². The molecule has 1 aromatic heterocycles. The van der Waals surface area contributed by atoms with Crippen LogP contribution in [0.4, 0.5) is 23.7 Å². The summed E-state index contributed by atoms with van der Waals surface area (Å²) in [6.07, 6.45) is 0.299. The maximum absolute atomic E-state index is 12.9. The smallest absolute Gasteiger partial charge is 0.497 e. The normalized spacial score (nSPS) is 16.0. The molecule has 13 heteroatoms. The van der Waals surface area contributed by atoms with Crippen LogP contribution in [0.15, 0.2) is 78.0 Å². The van der Waals surface area contributed by atoms with Gasteiger partial charge in [0.2, 0.25) is 0 Å². The van der Waals surface area contributed by atoms with Crippen molar-refractivity contribution >= 4 is 28.6 Å². The molecule has 3 aromatic carbocycles. The Morgan fingerprint density at radius 3 is 2.48 bits per heavy atom. The van der Waals surface area contributed by atoms with Gasteiger partial charge in [-0.3, -0.25) is 0 Å². The van der Waals surface area contributed by atoms with E-state index in [4.69, 9.17) is 4.74 Å². The lowest BCUT2D eigenvalue weighted by atomic mass is 9.99. The minimum atomic E-state index is -4.74. The molecule has 2 amide bonds. The molecule has 1 fully saturated rings. The number of carbonyl (C=O) groups is 1. The zero-order chi connectivity index (χ0) is 34.3. The molecule has 0 radical (unpaired) electrons. The summed E-state index contributed by atoms with van der Waals surface area (Å²) >= 11 is 1.61. The third-order valence-electron chi connectivity index (χ3n) is 7.93. The number of nitrogens with one attached hydrogen (secondary N) is 1. The number of ether oxygens (including phenoxy) is 2. The largest absolute Gasteiger partial charge is 0.573 e. The number of nitrogens with zero attached hydrogens (tertiary/aromatic N) is 5. The lowest BCUT2D eigenvalue weighted by Crippen LogP contribution is -2.42. The summed E-state index contributed by atoms with van der Waals surface area (Å²) in [5, 5.41) is 8.13. The van der Waals surface area contributed by atoms with Gasteiger partial charge in [-0.1, -0.05) is 49.9 Å². The van der Waals surface area contributed by atoms with Gasteiger partial charge in [0.25, 0.3) is 0 Å². The average molecular weight is 681 g/mol. The van der Waals surface area contributed by atoms with Crippen LogP contribution in [-0.4, -0.2) is 57.8 Å². The second-order valence-corrected chi connectivity index (χ2v) is 12.8. The van der Waals surface area contributed by atoms with Crippen molar-refractivity contribution < 1.29 is 27.4 Å². The molecule has 1 aliphatic heterocycles. The monoisotopic (exact) mass is 680 g/mol. The molecule has 2 heterocycles. The number of methoxy groups -OCH3 is 1. The number of thioether (sulfide) groups is 1. The van der Waals surface area contributed by atoms with Crippen molar-refractivity contribution in [3.63, 3.8) is 0 Å². The average Bonchev–Trinajstić information content (AvgIpc) is 3.55. The number of carbonyl (C=O) groups excluding carboxylic acids is 1. The molecule has 0 aliphatic carbocycles. The Bertz CT molecular complexity index is 1710. The number of hydrogen-bond acceptors (Lipinski definition) is 6. The minimum absolute atomic E-state index is 0.212. The van der Waals surface area contributed by atoms with Gasteiger partial charge in [-0.2, -0.15) is 4.99 Å². The number of aryl methyl sites for hydroxylation is 1. The van der Waals surface area contributed by atoms with E-state index < -0.39 is 6.36 Å². The van der Waals surface area contributed by atoms with Crippen LogP contribution in [0.1, 0.15) is 57.1 Å². The third-order valence-corrected chi connectivity index (χ3v) is 8.92. The van der Waals surface area contributed by atoms with E-state index in [1.54, 1.807) is 18.9 Å². The summed E-state index contributed by atoms with van der Waals surface area (Å²) in [7, 11) is 1.67. The predicted octanol–water partition coefficient (Wildman–Crippen LogP) is 8.39. The van der Waals surface area contributed by atoms with Gasteiger partial charge in [-0.25, -0.2) is 14.5 Å². The Balaban J connectivity index is 1.11. The number of aromatic nitrogens is 3. The number of anilines is 1. The number of alkyl halides is 3. The van der Waals surface area contributed by atoms with Gasteiger partial charge in [-0.15, -0.1) is 18.3 Å². The van der Waals surface area contributed by atoms with E-state index in [1.165, 1.54) is 35.3 Å². The number of amides is 2. The molecule has 0 spiro atoms. The van der Waals surface area contributed by atoms with Crippen LogP contribution in [0.5, 0.6) is 11.5 Å². The molecule has 1 unspecified atom stereocenters. The number of benzene rings is 3. The molecule has 0 bridgehead atoms. The first-order valence-corrected chi connectivity index (χ1v) is 16.8. The van der Waals surface area contributed by atoms with E-state index in [-0.39, 0.29) is 23.7 Å². The summed E-state index contributed by atoms with van der Waals surface area (Å²) < 4.78 is 48.1. The maximum atomic E-state index is 12.9. The second-order valence-electron chi connectivity index (χ2n) is 11.8. The van der Waals surface area contributed by atoms with Crippen molar-refractivity contribution in [3.8, 4) is 28.6 Å². The molecule has 0 saturated carbocycles. The van der Waals surface area contributed by atoms with Crippen molar-refractivity contribution in [1.82, 2.24) is 20.1 Å². The summed E-state index contributed by atoms with van der Waals surface area (Å²) in [4.78, 5) is 23.9. The van der Waals surface area contributed by atoms with Crippen molar-refractivity contribution in [2.45, 2.75) is 64.8 Å². The number of rotatable bonds is 11. The number of amidine groups is 1. The molecule has 1 aliphatic rings. The van der Waals surface area contributed by atoms with Gasteiger partial charge in [0, 0.05) is 29.6 Å². The Morgan fingerprint density at radius 2 is 1.79 bits per heavy atom. The zero-order valence-electron chi connectivity index (χ0n) is 27.3. The molecule has 1 atom stereocenters. The number of unbranched alkanes of at least 4 members (excludes halogenated alkanes) is 1. The zero-order valence-corrected chi connectivity index (χ0v) is 28.1. The van der Waals surface area contributed by atoms with Gasteiger partial charge in [-0.05, 0) is 92.1 Å². The molecule has 254 valence electrons. The molecular formula is C35H39F3N6O3S. The summed E-state index contributed by atoms with van der Waals surface area (Å²) in [6.45, 7) is 7.00. The fourth-order valence-corrected chi connectivity index (χ4v) is 6.60. The predicted molar refractivity (Wildman–Crippen MR) is 183 cm³/mol. The van der Waals surface area contributed by atoms with Crippen LogP contribution >= 0.6 is 11.8 Å². The van der Waals surface area contributed by atoms with Gasteiger partial charge in [0.1, 0.15) is 17.8 Å². The molecule has 4 aromatic rings. The third kappa shape index (κ3) is 9.09. The number of aliphatic imine (C=N–C) groups is 1. The number of halogens is 3. The highest BCUT2D eigenvalue weighted by atomic mass is 32.2. The molecule has 48 heavy (non-hydrogen) atoms. The first kappa shape index (κ1) is 34.8. The van der Waals surface area contributed by atoms with Crippen molar-refractivity contribution in [2.24, 2.45) is 4.99 Å². The highest BCUT2D eigenvalue weighted by Crippen LogP contribution is 2.37. The van der Waals surface area contributed by atoms with Crippen LogP contribution in [0.25, 0.3) is 17.1 Å². The molecule has 5 rings (SSSR count). The Kier molecular flexibility index (Phi) is 11.3. The Labute approximate surface area is 282 Å². The molecule has 1 saturated heterocycles. The fourth-order valence-electron chi connectivity index (χ4n) is 5.39. The number of urea groups is 1. The van der Waals surface area contributed by atoms with E-state index in [0.29, 0.717) is 23.2 Å². The fraction of sp³-hybridized carbons (Fsp3) is 0.371. The summed E-state index contributed by atoms with van der Waals surface area (Å²) in [5.74, 6) is 2.19. The van der Waals surface area contributed by atoms with Gasteiger partial charge in [0.15, 0.2) is 11.0 Å². The lowest BCUT2D eigenvalue weighted by Gasteiger charge is -2.37. The quantitative estimate of drug-likeness (QED) is 0.159. The highest BCUT2D eigenvalue weighted by Gasteiger charge is 2.31. The topological polar surface area (TPSA) is 93.9 Å². The van der Waals surface area contributed by atoms with Crippen LogP contribution < -0.4 is 19.7 Å². The Morgan fingerprint density at radius 1 is 1.06 bits per heavy atom. The minimum Gasteiger partial charge on any atom is -0.497 e. The van der Waals surface area contributed by atoms with E-state index in [9.17, 15) is 18.0 Å². The number of hydrogen-bond donors (Lipinski definition) is 1. The molecule has 1 N–H and O–H groups in total. The molecule has 9 nitrogen and oxygen atoms in total. The van der Waals surface area contributed by atoms with Crippen molar-refractivity contribution in [2.75, 3.05) is 24.3 Å². The SMILES string of the molecule is COc1ccc(N2/C(=N/C(=O)NCCCCc3ccc(-c4ncn(-c5ccc(OC(F)(F)F)cc5)n4)cc3)SCCC2C)c(C(C)C)c1.